The number of hydrogen-bond donors (Lipinski definition) is 3. The maximum absolute atomic E-state index is 12.2. The van der Waals surface area contributed by atoms with Gasteiger partial charge in [0.1, 0.15) is 0 Å². The van der Waals surface area contributed by atoms with E-state index in [4.69, 9.17) is 4.52 Å². The van der Waals surface area contributed by atoms with E-state index in [9.17, 15) is 28.6 Å². The molecule has 0 aromatic carbocycles. The number of methoxy groups -OCH3 is 1. The van der Waals surface area contributed by atoms with Gasteiger partial charge in [-0.25, -0.2) is 9.36 Å². The Kier molecular flexibility index (Phi) is 8.89. The lowest BCUT2D eigenvalue weighted by Crippen LogP contribution is -2.49. The molecule has 1 heterocycles. The smallest absolute Gasteiger partial charge is 0.463 e. The number of rotatable bonds is 7. The number of thioether (sulfide) groups is 1. The summed E-state index contributed by atoms with van der Waals surface area (Å²) in [6, 6.07) is 0. The first-order chi connectivity index (χ1) is 12.5. The molecular formula is C14H23N2O9PS. The third-order valence-electron chi connectivity index (χ3n) is 3.45. The van der Waals surface area contributed by atoms with E-state index in [2.05, 4.69) is 19.9 Å². The van der Waals surface area contributed by atoms with Gasteiger partial charge < -0.3 is 20.3 Å². The van der Waals surface area contributed by atoms with Gasteiger partial charge in [0.15, 0.2) is 6.10 Å². The zero-order chi connectivity index (χ0) is 20.7. The van der Waals surface area contributed by atoms with Gasteiger partial charge in [0.05, 0.1) is 13.7 Å². The van der Waals surface area contributed by atoms with E-state index in [1.165, 1.54) is 0 Å². The van der Waals surface area contributed by atoms with Crippen molar-refractivity contribution in [2.24, 2.45) is 5.41 Å². The molecule has 0 aromatic heterocycles. The highest BCUT2D eigenvalue weighted by Crippen LogP contribution is 2.52. The molecule has 1 aliphatic heterocycles. The molecule has 1 saturated heterocycles. The number of amides is 2. The van der Waals surface area contributed by atoms with Gasteiger partial charge in [-0.1, -0.05) is 25.6 Å². The number of hydrogen-bond acceptors (Lipinski definition) is 9. The second-order valence-electron chi connectivity index (χ2n) is 6.23. The summed E-state index contributed by atoms with van der Waals surface area (Å²) in [6.45, 7) is 3.32. The topological polar surface area (TPSA) is 157 Å². The fraction of sp³-hybridized carbons (Fsp3) is 0.714. The Bertz CT molecular complexity index is 640. The molecule has 0 saturated carbocycles. The lowest BCUT2D eigenvalue weighted by molar-refractivity contribution is -0.147. The minimum absolute atomic E-state index is 0.00850. The van der Waals surface area contributed by atoms with Crippen molar-refractivity contribution >= 4 is 42.5 Å². The Morgan fingerprint density at radius 3 is 2.56 bits per heavy atom. The molecule has 1 unspecified atom stereocenters. The Morgan fingerprint density at radius 1 is 1.26 bits per heavy atom. The average Bonchev–Trinajstić information content (AvgIpc) is 2.60. The summed E-state index contributed by atoms with van der Waals surface area (Å²) in [5.74, 6) is -1.76. The van der Waals surface area contributed by atoms with Crippen LogP contribution < -0.4 is 10.6 Å². The van der Waals surface area contributed by atoms with Gasteiger partial charge in [0, 0.05) is 30.7 Å². The molecule has 0 aliphatic carbocycles. The third kappa shape index (κ3) is 7.97. The summed E-state index contributed by atoms with van der Waals surface area (Å²) in [5, 5.41) is 4.25. The Morgan fingerprint density at radius 2 is 1.93 bits per heavy atom. The predicted octanol–water partition coefficient (Wildman–Crippen LogP) is -0.416. The first-order valence-electron chi connectivity index (χ1n) is 7.94. The highest BCUT2D eigenvalue weighted by Gasteiger charge is 2.47. The van der Waals surface area contributed by atoms with Crippen LogP contribution in [0, 0.1) is 5.41 Å². The average molecular weight is 426 g/mol. The number of carbonyl (C=O) groups excluding carboxylic acids is 4. The van der Waals surface area contributed by atoms with Crippen molar-refractivity contribution in [1.82, 2.24) is 10.6 Å². The van der Waals surface area contributed by atoms with Gasteiger partial charge in [0.25, 0.3) is 5.12 Å². The van der Waals surface area contributed by atoms with E-state index < -0.39 is 36.3 Å². The first kappa shape index (κ1) is 23.6. The lowest BCUT2D eigenvalue weighted by atomic mass is 9.87. The van der Waals surface area contributed by atoms with Crippen LogP contribution in [0.25, 0.3) is 0 Å². The van der Waals surface area contributed by atoms with Crippen LogP contribution in [0.4, 0.5) is 0 Å². The third-order valence-corrected chi connectivity index (χ3v) is 5.22. The molecule has 3 N–H and O–H groups in total. The van der Waals surface area contributed by atoms with Crippen molar-refractivity contribution in [2.45, 2.75) is 26.4 Å². The number of carbonyl (C=O) groups is 4. The number of nitrogens with one attached hydrogen (secondary N) is 2. The largest absolute Gasteiger partial charge is 0.472 e. The summed E-state index contributed by atoms with van der Waals surface area (Å²) in [6.07, 6.45) is -1.23. The molecule has 0 aromatic rings. The summed E-state index contributed by atoms with van der Waals surface area (Å²) in [4.78, 5) is 55.3. The molecule has 1 aliphatic rings. The van der Waals surface area contributed by atoms with Gasteiger partial charge in [-0.05, 0) is 0 Å². The highest BCUT2D eigenvalue weighted by molar-refractivity contribution is 8.15. The van der Waals surface area contributed by atoms with Crippen molar-refractivity contribution in [2.75, 3.05) is 32.6 Å². The monoisotopic (exact) mass is 426 g/mol. The molecule has 2 amide bonds. The summed E-state index contributed by atoms with van der Waals surface area (Å²) < 4.78 is 25.3. The first-order valence-corrected chi connectivity index (χ1v) is 10.4. The van der Waals surface area contributed by atoms with E-state index in [0.29, 0.717) is 0 Å². The van der Waals surface area contributed by atoms with Crippen LogP contribution in [0.5, 0.6) is 0 Å². The van der Waals surface area contributed by atoms with Crippen LogP contribution in [-0.4, -0.2) is 66.5 Å². The van der Waals surface area contributed by atoms with Crippen molar-refractivity contribution < 1.29 is 42.4 Å². The fourth-order valence-electron chi connectivity index (χ4n) is 1.99. The van der Waals surface area contributed by atoms with Gasteiger partial charge >= 0.3 is 13.8 Å². The molecule has 154 valence electrons. The number of ether oxygens (including phenoxy) is 1. The van der Waals surface area contributed by atoms with Gasteiger partial charge in [-0.3, -0.25) is 23.4 Å². The molecule has 27 heavy (non-hydrogen) atoms. The van der Waals surface area contributed by atoms with E-state index in [0.717, 1.165) is 18.9 Å². The van der Waals surface area contributed by atoms with Crippen LogP contribution >= 0.6 is 19.6 Å². The number of phosphoric ester groups is 1. The summed E-state index contributed by atoms with van der Waals surface area (Å²) in [7, 11) is -3.17. The summed E-state index contributed by atoms with van der Waals surface area (Å²) >= 11 is 0.722. The molecule has 1 fully saturated rings. The second-order valence-corrected chi connectivity index (χ2v) is 8.71. The van der Waals surface area contributed by atoms with E-state index in [-0.39, 0.29) is 37.8 Å². The van der Waals surface area contributed by atoms with Crippen molar-refractivity contribution in [1.29, 1.82) is 0 Å². The minimum atomic E-state index is -4.27. The zero-order valence-electron chi connectivity index (χ0n) is 15.2. The van der Waals surface area contributed by atoms with Gasteiger partial charge in [-0.2, -0.15) is 0 Å². The Hall–Kier alpha value is -1.46. The standard InChI is InChI=1S/C14H23N2O9PS/c1-14(2)8-24-26(21,22)25-10(14)11(18)16-5-4-9(17)15-6-7-27-13(20)12(19)23-3/h10H,4-8H2,1-3H3,(H,15,17)(H,16,18)(H,21,22)/t10-/m0/s1. The SMILES string of the molecule is COC(=O)C(=O)SCCNC(=O)CCNC(=O)[C@@H]1OP(=O)(O)OCC1(C)C. The number of phosphoric acid groups is 1. The fourth-order valence-corrected chi connectivity index (χ4v) is 3.78. The van der Waals surface area contributed by atoms with Crippen LogP contribution in [0.2, 0.25) is 0 Å². The summed E-state index contributed by atoms with van der Waals surface area (Å²) in [5.41, 5.74) is -0.813. The molecule has 0 bridgehead atoms. The molecule has 1 rings (SSSR count). The Labute approximate surface area is 160 Å². The van der Waals surface area contributed by atoms with E-state index in [1.54, 1.807) is 13.8 Å². The normalized spacial score (nSPS) is 23.9. The van der Waals surface area contributed by atoms with Gasteiger partial charge in [0.2, 0.25) is 11.8 Å². The van der Waals surface area contributed by atoms with E-state index in [1.807, 2.05) is 0 Å². The van der Waals surface area contributed by atoms with Crippen molar-refractivity contribution in [3.05, 3.63) is 0 Å². The van der Waals surface area contributed by atoms with Crippen LogP contribution in [0.3, 0.4) is 0 Å². The molecule has 0 spiro atoms. The van der Waals surface area contributed by atoms with Crippen molar-refractivity contribution in [3.63, 3.8) is 0 Å². The van der Waals surface area contributed by atoms with Crippen LogP contribution in [-0.2, 0) is 37.5 Å². The number of esters is 1. The zero-order valence-corrected chi connectivity index (χ0v) is 16.9. The second kappa shape index (κ2) is 10.2. The minimum Gasteiger partial charge on any atom is -0.463 e. The maximum atomic E-state index is 12.2. The molecule has 0 radical (unpaired) electrons. The molecule has 13 heteroatoms. The maximum Gasteiger partial charge on any atom is 0.472 e. The quantitative estimate of drug-likeness (QED) is 0.211. The van der Waals surface area contributed by atoms with Crippen LogP contribution in [0.1, 0.15) is 20.3 Å². The van der Waals surface area contributed by atoms with Gasteiger partial charge in [-0.15, -0.1) is 0 Å². The highest BCUT2D eigenvalue weighted by atomic mass is 32.2. The molecule has 2 atom stereocenters. The lowest BCUT2D eigenvalue weighted by Gasteiger charge is -2.38. The molecule has 11 nitrogen and oxygen atoms in total. The predicted molar refractivity (Wildman–Crippen MR) is 94.5 cm³/mol. The van der Waals surface area contributed by atoms with E-state index >= 15 is 0 Å². The Balaban J connectivity index is 2.28. The van der Waals surface area contributed by atoms with Crippen LogP contribution in [0.15, 0.2) is 0 Å². The van der Waals surface area contributed by atoms with Crippen molar-refractivity contribution in [3.8, 4) is 0 Å². The molecular weight excluding hydrogens is 403 g/mol.